The third-order valence-electron chi connectivity index (χ3n) is 5.81. The van der Waals surface area contributed by atoms with Crippen LogP contribution in [-0.2, 0) is 4.57 Å². The molecule has 2 aromatic heterocycles. The highest BCUT2D eigenvalue weighted by atomic mass is 35.5. The van der Waals surface area contributed by atoms with E-state index >= 15 is 0 Å². The fraction of sp³-hybridized carbons (Fsp3) is 0.409. The summed E-state index contributed by atoms with van der Waals surface area (Å²) >= 11 is 6.36. The van der Waals surface area contributed by atoms with Gasteiger partial charge in [-0.2, -0.15) is 10.1 Å². The van der Waals surface area contributed by atoms with Gasteiger partial charge >= 0.3 is 0 Å². The molecule has 1 saturated heterocycles. The van der Waals surface area contributed by atoms with E-state index in [0.717, 1.165) is 48.3 Å². The summed E-state index contributed by atoms with van der Waals surface area (Å²) in [6, 6.07) is 7.89. The minimum absolute atomic E-state index is 0.381. The van der Waals surface area contributed by atoms with Crippen LogP contribution in [0.3, 0.4) is 0 Å². The molecule has 1 aliphatic rings. The van der Waals surface area contributed by atoms with Crippen molar-refractivity contribution >= 4 is 47.2 Å². The van der Waals surface area contributed by atoms with Gasteiger partial charge in [0, 0.05) is 5.30 Å². The third kappa shape index (κ3) is 4.98. The molecule has 0 unspecified atom stereocenters. The Morgan fingerprint density at radius 3 is 2.53 bits per heavy atom. The lowest BCUT2D eigenvalue weighted by atomic mass is 10.1. The second-order valence-corrected chi connectivity index (χ2v) is 12.2. The Morgan fingerprint density at radius 1 is 1.09 bits per heavy atom. The number of nitrogens with one attached hydrogen (secondary N) is 2. The summed E-state index contributed by atoms with van der Waals surface area (Å²) in [5.41, 5.74) is 2.64. The lowest BCUT2D eigenvalue weighted by Gasteiger charge is -2.29. The lowest BCUT2D eigenvalue weighted by molar-refractivity contribution is 0.210. The minimum Gasteiger partial charge on any atom is -0.338 e. The van der Waals surface area contributed by atoms with Crippen LogP contribution < -0.4 is 15.9 Å². The van der Waals surface area contributed by atoms with Crippen molar-refractivity contribution in [2.24, 2.45) is 0 Å². The average molecular weight is 474 g/mol. The van der Waals surface area contributed by atoms with Crippen molar-refractivity contribution in [3.05, 3.63) is 47.4 Å². The van der Waals surface area contributed by atoms with Crippen LogP contribution in [0, 0.1) is 6.92 Å². The summed E-state index contributed by atoms with van der Waals surface area (Å²) in [5, 5.41) is 12.2. The van der Waals surface area contributed by atoms with E-state index in [1.807, 2.05) is 30.5 Å². The molecule has 0 amide bonds. The van der Waals surface area contributed by atoms with Gasteiger partial charge in [0.25, 0.3) is 0 Å². The molecular weight excluding hydrogens is 445 g/mol. The van der Waals surface area contributed by atoms with Gasteiger partial charge in [-0.05, 0) is 65.4 Å². The molecule has 1 fully saturated rings. The predicted octanol–water partition coefficient (Wildman–Crippen LogP) is 4.64. The van der Waals surface area contributed by atoms with Gasteiger partial charge in [0.2, 0.25) is 5.95 Å². The molecule has 1 aromatic carbocycles. The standard InChI is InChI=1S/C22H29ClN7OP/c1-15-19(14-25-30(15)16-9-11-29(2)12-10-16)27-22-24-13-17(23)21(28-22)26-18-7-5-6-8-20(18)32(3,4)31/h5-8,13-14,16H,9-12H2,1-4H3,(H2,24,26,27,28). The Labute approximate surface area is 193 Å². The van der Waals surface area contributed by atoms with Crippen LogP contribution in [0.1, 0.15) is 24.6 Å². The van der Waals surface area contributed by atoms with Gasteiger partial charge in [0.1, 0.15) is 12.2 Å². The smallest absolute Gasteiger partial charge is 0.229 e. The first-order valence-electron chi connectivity index (χ1n) is 10.7. The molecule has 4 rings (SSSR count). The Balaban J connectivity index is 1.55. The minimum atomic E-state index is -2.47. The van der Waals surface area contributed by atoms with Gasteiger partial charge in [0.05, 0.1) is 35.5 Å². The molecule has 0 aliphatic carbocycles. The van der Waals surface area contributed by atoms with Crippen molar-refractivity contribution in [3.8, 4) is 0 Å². The number of halogens is 1. The van der Waals surface area contributed by atoms with Gasteiger partial charge in [-0.15, -0.1) is 0 Å². The van der Waals surface area contributed by atoms with Crippen LogP contribution in [0.4, 0.5) is 23.1 Å². The zero-order valence-corrected chi connectivity index (χ0v) is 20.5. The summed E-state index contributed by atoms with van der Waals surface area (Å²) in [5.74, 6) is 0.863. The van der Waals surface area contributed by atoms with Crippen LogP contribution in [-0.4, -0.2) is 58.1 Å². The summed E-state index contributed by atoms with van der Waals surface area (Å²) in [6.07, 6.45) is 5.54. The molecule has 1 aliphatic heterocycles. The Morgan fingerprint density at radius 2 is 1.81 bits per heavy atom. The van der Waals surface area contributed by atoms with Crippen molar-refractivity contribution in [2.45, 2.75) is 25.8 Å². The second-order valence-electron chi connectivity index (χ2n) is 8.63. The van der Waals surface area contributed by atoms with E-state index in [2.05, 4.69) is 49.3 Å². The molecule has 0 saturated carbocycles. The lowest BCUT2D eigenvalue weighted by Crippen LogP contribution is -2.32. The van der Waals surface area contributed by atoms with Crippen molar-refractivity contribution in [2.75, 3.05) is 44.1 Å². The number of benzene rings is 1. The third-order valence-corrected chi connectivity index (χ3v) is 7.63. The number of likely N-dealkylation sites (tertiary alicyclic amines) is 1. The number of aromatic nitrogens is 4. The van der Waals surface area contributed by atoms with E-state index in [0.29, 0.717) is 22.8 Å². The van der Waals surface area contributed by atoms with E-state index in [9.17, 15) is 4.57 Å². The molecule has 8 nitrogen and oxygen atoms in total. The van der Waals surface area contributed by atoms with Crippen molar-refractivity contribution in [1.29, 1.82) is 0 Å². The fourth-order valence-electron chi connectivity index (χ4n) is 3.97. The van der Waals surface area contributed by atoms with Gasteiger partial charge in [0.15, 0.2) is 5.82 Å². The van der Waals surface area contributed by atoms with Gasteiger partial charge in [-0.1, -0.05) is 23.7 Å². The number of rotatable bonds is 6. The molecule has 0 bridgehead atoms. The van der Waals surface area contributed by atoms with Gasteiger partial charge < -0.3 is 20.1 Å². The molecule has 0 radical (unpaired) electrons. The summed E-state index contributed by atoms with van der Waals surface area (Å²) in [4.78, 5) is 11.2. The van der Waals surface area contributed by atoms with E-state index in [-0.39, 0.29) is 0 Å². The number of para-hydroxylation sites is 1. The number of piperidine rings is 1. The van der Waals surface area contributed by atoms with Crippen LogP contribution in [0.25, 0.3) is 0 Å². The molecule has 3 aromatic rings. The predicted molar refractivity (Wildman–Crippen MR) is 132 cm³/mol. The molecule has 32 heavy (non-hydrogen) atoms. The maximum Gasteiger partial charge on any atom is 0.229 e. The summed E-state index contributed by atoms with van der Waals surface area (Å²) in [6.45, 7) is 7.69. The highest BCUT2D eigenvalue weighted by Gasteiger charge is 2.22. The number of hydrogen-bond acceptors (Lipinski definition) is 7. The number of anilines is 4. The molecule has 0 spiro atoms. The molecule has 10 heteroatoms. The molecule has 3 heterocycles. The van der Waals surface area contributed by atoms with Crippen LogP contribution in [0.15, 0.2) is 36.7 Å². The first-order valence-corrected chi connectivity index (χ1v) is 13.6. The Bertz CT molecular complexity index is 1150. The van der Waals surface area contributed by atoms with E-state index in [1.165, 1.54) is 0 Å². The highest BCUT2D eigenvalue weighted by molar-refractivity contribution is 7.70. The van der Waals surface area contributed by atoms with Crippen molar-refractivity contribution < 1.29 is 4.57 Å². The maximum atomic E-state index is 12.7. The molecule has 170 valence electrons. The normalized spacial score (nSPS) is 15.7. The number of hydrogen-bond donors (Lipinski definition) is 2. The van der Waals surface area contributed by atoms with Crippen LogP contribution >= 0.6 is 18.7 Å². The zero-order chi connectivity index (χ0) is 22.9. The topological polar surface area (TPSA) is 88.0 Å². The monoisotopic (exact) mass is 473 g/mol. The SMILES string of the molecule is Cc1c(Nc2ncc(Cl)c(Nc3ccccc3P(C)(C)=O)n2)cnn1C1CCN(C)CC1. The Kier molecular flexibility index (Phi) is 6.56. The summed E-state index contributed by atoms with van der Waals surface area (Å²) < 4.78 is 14.8. The van der Waals surface area contributed by atoms with Crippen LogP contribution in [0.2, 0.25) is 5.02 Å². The maximum absolute atomic E-state index is 12.7. The second kappa shape index (κ2) is 9.22. The Hall–Kier alpha value is -2.41. The van der Waals surface area contributed by atoms with E-state index in [4.69, 9.17) is 11.6 Å². The van der Waals surface area contributed by atoms with E-state index < -0.39 is 7.14 Å². The quantitative estimate of drug-likeness (QED) is 0.504. The first kappa shape index (κ1) is 22.8. The fourth-order valence-corrected chi connectivity index (χ4v) is 5.26. The average Bonchev–Trinajstić information content (AvgIpc) is 3.11. The zero-order valence-electron chi connectivity index (χ0n) is 18.8. The summed E-state index contributed by atoms with van der Waals surface area (Å²) in [7, 11) is -0.321. The number of nitrogens with zero attached hydrogens (tertiary/aromatic N) is 5. The van der Waals surface area contributed by atoms with Gasteiger partial charge in [-0.25, -0.2) is 4.98 Å². The van der Waals surface area contributed by atoms with E-state index in [1.54, 1.807) is 19.5 Å². The largest absolute Gasteiger partial charge is 0.338 e. The molecular formula is C22H29ClN7OP. The first-order chi connectivity index (χ1) is 15.2. The molecule has 2 N–H and O–H groups in total. The van der Waals surface area contributed by atoms with Crippen molar-refractivity contribution in [1.82, 2.24) is 24.6 Å². The van der Waals surface area contributed by atoms with Crippen LogP contribution in [0.5, 0.6) is 0 Å². The highest BCUT2D eigenvalue weighted by Crippen LogP contribution is 2.38. The van der Waals surface area contributed by atoms with Crippen molar-refractivity contribution in [3.63, 3.8) is 0 Å². The molecule has 0 atom stereocenters. The van der Waals surface area contributed by atoms with Gasteiger partial charge in [-0.3, -0.25) is 4.68 Å².